The van der Waals surface area contributed by atoms with Crippen molar-refractivity contribution in [1.29, 1.82) is 5.26 Å². The van der Waals surface area contributed by atoms with Crippen LogP contribution in [0, 0.1) is 11.3 Å². The topological polar surface area (TPSA) is 64.8 Å². The molecule has 0 amide bonds. The smallest absolute Gasteiger partial charge is 0.382 e. The Hall–Kier alpha value is -2.82. The van der Waals surface area contributed by atoms with Crippen molar-refractivity contribution in [3.63, 3.8) is 0 Å². The van der Waals surface area contributed by atoms with Gasteiger partial charge in [-0.2, -0.15) is 18.4 Å². The molecule has 0 radical (unpaired) electrons. The van der Waals surface area contributed by atoms with E-state index in [0.717, 1.165) is 49.9 Å². The summed E-state index contributed by atoms with van der Waals surface area (Å²) in [5, 5.41) is 12.1. The highest BCUT2D eigenvalue weighted by atomic mass is 19.4. The third-order valence-corrected chi connectivity index (χ3v) is 4.71. The van der Waals surface area contributed by atoms with Gasteiger partial charge in [-0.15, -0.1) is 0 Å². The molecule has 0 atom stereocenters. The van der Waals surface area contributed by atoms with E-state index in [-0.39, 0.29) is 11.6 Å². The first-order valence-corrected chi connectivity index (χ1v) is 8.84. The van der Waals surface area contributed by atoms with E-state index in [1.54, 1.807) is 12.4 Å². The van der Waals surface area contributed by atoms with Crippen LogP contribution in [-0.2, 0) is 12.6 Å². The first kappa shape index (κ1) is 19.0. The fourth-order valence-electron chi connectivity index (χ4n) is 3.21. The van der Waals surface area contributed by atoms with Crippen LogP contribution in [0.1, 0.15) is 36.6 Å². The Morgan fingerprint density at radius 3 is 2.59 bits per heavy atom. The number of nitrogens with zero attached hydrogens (tertiary/aromatic N) is 4. The molecule has 0 unspecified atom stereocenters. The van der Waals surface area contributed by atoms with Crippen LogP contribution in [-0.4, -0.2) is 29.1 Å². The summed E-state index contributed by atoms with van der Waals surface area (Å²) in [5.74, 6) is 0.887. The summed E-state index contributed by atoms with van der Waals surface area (Å²) in [6.45, 7) is 3.57. The summed E-state index contributed by atoms with van der Waals surface area (Å²) in [7, 11) is 0. The molecule has 142 valence electrons. The summed E-state index contributed by atoms with van der Waals surface area (Å²) < 4.78 is 39.3. The van der Waals surface area contributed by atoms with E-state index < -0.39 is 11.7 Å². The molecule has 1 saturated heterocycles. The van der Waals surface area contributed by atoms with Gasteiger partial charge < -0.3 is 10.2 Å². The van der Waals surface area contributed by atoms with Gasteiger partial charge in [0.05, 0.1) is 17.2 Å². The van der Waals surface area contributed by atoms with Gasteiger partial charge >= 0.3 is 6.18 Å². The Morgan fingerprint density at radius 2 is 1.96 bits per heavy atom. The zero-order valence-electron chi connectivity index (χ0n) is 14.9. The second-order valence-corrected chi connectivity index (χ2v) is 6.50. The summed E-state index contributed by atoms with van der Waals surface area (Å²) in [4.78, 5) is 10.7. The average Bonchev–Trinajstić information content (AvgIpc) is 2.68. The number of anilines is 2. The van der Waals surface area contributed by atoms with Crippen molar-refractivity contribution in [3.8, 4) is 6.07 Å². The van der Waals surface area contributed by atoms with E-state index >= 15 is 0 Å². The van der Waals surface area contributed by atoms with Crippen LogP contribution < -0.4 is 10.2 Å². The van der Waals surface area contributed by atoms with Crippen LogP contribution in [0.3, 0.4) is 0 Å². The van der Waals surface area contributed by atoms with Gasteiger partial charge in [0.1, 0.15) is 12.1 Å². The number of nitriles is 1. The Labute approximate surface area is 155 Å². The van der Waals surface area contributed by atoms with E-state index in [1.807, 2.05) is 13.0 Å². The Morgan fingerprint density at radius 1 is 1.22 bits per heavy atom. The van der Waals surface area contributed by atoms with Gasteiger partial charge in [0.15, 0.2) is 0 Å². The molecule has 2 aromatic rings. The lowest BCUT2D eigenvalue weighted by molar-refractivity contribution is -0.137. The zero-order chi connectivity index (χ0) is 19.4. The van der Waals surface area contributed by atoms with Crippen molar-refractivity contribution in [2.24, 2.45) is 0 Å². The molecule has 1 aromatic heterocycles. The summed E-state index contributed by atoms with van der Waals surface area (Å²) in [6.07, 6.45) is -0.572. The van der Waals surface area contributed by atoms with E-state index in [9.17, 15) is 13.2 Å². The van der Waals surface area contributed by atoms with Crippen LogP contribution >= 0.6 is 0 Å². The first-order chi connectivity index (χ1) is 12.9. The van der Waals surface area contributed by atoms with Gasteiger partial charge in [-0.05, 0) is 37.5 Å². The molecule has 1 aromatic carbocycles. The summed E-state index contributed by atoms with van der Waals surface area (Å²) in [6, 6.07) is 7.41. The molecule has 0 saturated carbocycles. The van der Waals surface area contributed by atoms with E-state index in [0.29, 0.717) is 5.69 Å². The van der Waals surface area contributed by atoms with E-state index in [1.165, 1.54) is 12.1 Å². The van der Waals surface area contributed by atoms with Gasteiger partial charge in [-0.25, -0.2) is 9.97 Å². The molecule has 0 aliphatic carbocycles. The number of halogens is 3. The second kappa shape index (κ2) is 7.82. The summed E-state index contributed by atoms with van der Waals surface area (Å²) in [5.41, 5.74) is 0.103. The minimum absolute atomic E-state index is 0.0720. The lowest BCUT2D eigenvalue weighted by atomic mass is 10.0. The predicted octanol–water partition coefficient (Wildman–Crippen LogP) is 4.01. The molecule has 3 rings (SSSR count). The molecule has 1 N–H and O–H groups in total. The molecule has 5 nitrogen and oxygen atoms in total. The van der Waals surface area contributed by atoms with Crippen LogP contribution in [0.25, 0.3) is 0 Å². The van der Waals surface area contributed by atoms with Crippen LogP contribution in [0.2, 0.25) is 0 Å². The zero-order valence-corrected chi connectivity index (χ0v) is 14.9. The fourth-order valence-corrected chi connectivity index (χ4v) is 3.21. The third-order valence-electron chi connectivity index (χ3n) is 4.71. The lowest BCUT2D eigenvalue weighted by Gasteiger charge is -2.33. The van der Waals surface area contributed by atoms with E-state index in [4.69, 9.17) is 5.26 Å². The normalized spacial score (nSPS) is 15.4. The SMILES string of the molecule is CCc1cc(N2CCC(Nc3ccc(C#N)c(C(F)(F)F)c3)CC2)ncn1. The molecule has 2 heterocycles. The highest BCUT2D eigenvalue weighted by molar-refractivity contribution is 5.53. The Balaban J connectivity index is 1.65. The highest BCUT2D eigenvalue weighted by Gasteiger charge is 2.34. The number of hydrogen-bond acceptors (Lipinski definition) is 5. The van der Waals surface area contributed by atoms with Crippen LogP contribution in [0.15, 0.2) is 30.6 Å². The average molecular weight is 375 g/mol. The largest absolute Gasteiger partial charge is 0.417 e. The number of aromatic nitrogens is 2. The van der Waals surface area contributed by atoms with Gasteiger partial charge in [0.25, 0.3) is 0 Å². The number of aryl methyl sites for hydroxylation is 1. The maximum absolute atomic E-state index is 13.1. The minimum atomic E-state index is -4.55. The van der Waals surface area contributed by atoms with E-state index in [2.05, 4.69) is 20.2 Å². The molecule has 1 fully saturated rings. The number of piperidine rings is 1. The lowest BCUT2D eigenvalue weighted by Crippen LogP contribution is -2.39. The van der Waals surface area contributed by atoms with Crippen LogP contribution in [0.5, 0.6) is 0 Å². The number of benzene rings is 1. The molecular weight excluding hydrogens is 355 g/mol. The quantitative estimate of drug-likeness (QED) is 0.875. The molecular formula is C19H20F3N5. The predicted molar refractivity (Wildman–Crippen MR) is 96.4 cm³/mol. The number of rotatable bonds is 4. The van der Waals surface area contributed by atoms with Gasteiger partial charge in [0.2, 0.25) is 0 Å². The molecule has 1 aliphatic heterocycles. The summed E-state index contributed by atoms with van der Waals surface area (Å²) >= 11 is 0. The Bertz CT molecular complexity index is 836. The monoisotopic (exact) mass is 375 g/mol. The molecule has 0 spiro atoms. The molecule has 27 heavy (non-hydrogen) atoms. The van der Waals surface area contributed by atoms with Crippen molar-refractivity contribution in [2.45, 2.75) is 38.4 Å². The third kappa shape index (κ3) is 4.48. The number of hydrogen-bond donors (Lipinski definition) is 1. The maximum atomic E-state index is 13.1. The standard InChI is InChI=1S/C19H20F3N5/c1-2-14-10-18(25-12-24-14)27-7-5-15(6-8-27)26-16-4-3-13(11-23)17(9-16)19(20,21)22/h3-4,9-10,12,15,26H,2,5-8H2,1H3. The Kier molecular flexibility index (Phi) is 5.49. The van der Waals surface area contributed by atoms with Crippen LogP contribution in [0.4, 0.5) is 24.7 Å². The second-order valence-electron chi connectivity index (χ2n) is 6.50. The van der Waals surface area contributed by atoms with Gasteiger partial charge in [0, 0.05) is 36.6 Å². The van der Waals surface area contributed by atoms with Crippen molar-refractivity contribution in [1.82, 2.24) is 9.97 Å². The molecule has 0 bridgehead atoms. The number of nitrogens with one attached hydrogen (secondary N) is 1. The maximum Gasteiger partial charge on any atom is 0.417 e. The van der Waals surface area contributed by atoms with Crippen molar-refractivity contribution < 1.29 is 13.2 Å². The van der Waals surface area contributed by atoms with Crippen molar-refractivity contribution in [3.05, 3.63) is 47.4 Å². The van der Waals surface area contributed by atoms with Crippen molar-refractivity contribution >= 4 is 11.5 Å². The number of alkyl halides is 3. The van der Waals surface area contributed by atoms with Crippen molar-refractivity contribution in [2.75, 3.05) is 23.3 Å². The first-order valence-electron chi connectivity index (χ1n) is 8.84. The highest BCUT2D eigenvalue weighted by Crippen LogP contribution is 2.34. The molecule has 8 heteroatoms. The fraction of sp³-hybridized carbons (Fsp3) is 0.421. The molecule has 1 aliphatic rings. The van der Waals surface area contributed by atoms with Gasteiger partial charge in [-0.3, -0.25) is 0 Å². The minimum Gasteiger partial charge on any atom is -0.382 e. The van der Waals surface area contributed by atoms with Gasteiger partial charge in [-0.1, -0.05) is 6.92 Å².